The van der Waals surface area contributed by atoms with E-state index in [4.69, 9.17) is 10.8 Å². The molecule has 0 aromatic rings. The molecule has 0 aliphatic rings. The van der Waals surface area contributed by atoms with Crippen LogP contribution in [0.4, 0.5) is 0 Å². The molecule has 0 spiro atoms. The summed E-state index contributed by atoms with van der Waals surface area (Å²) in [5.74, 6) is -3.20. The number of methoxy groups -OCH3 is 1. The number of carboxylic acids is 1. The van der Waals surface area contributed by atoms with Crippen LogP contribution >= 0.6 is 0 Å². The lowest BCUT2D eigenvalue weighted by atomic mass is 10.4. The van der Waals surface area contributed by atoms with Gasteiger partial charge in [-0.05, 0) is 0 Å². The third-order valence-corrected chi connectivity index (χ3v) is 3.29. The molecule has 15 heavy (non-hydrogen) atoms. The number of hydrogen-bond acceptors (Lipinski definition) is 6. The van der Waals surface area contributed by atoms with Crippen molar-refractivity contribution in [1.29, 1.82) is 0 Å². The van der Waals surface area contributed by atoms with Gasteiger partial charge in [0, 0.05) is 0 Å². The van der Waals surface area contributed by atoms with Crippen molar-refractivity contribution in [2.75, 3.05) is 18.6 Å². The Morgan fingerprint density at radius 1 is 1.47 bits per heavy atom. The molecular weight excluding hydrogens is 226 g/mol. The average molecular weight is 239 g/mol. The Bertz CT molecular complexity index is 335. The molecule has 1 atom stereocenters. The fourth-order valence-corrected chi connectivity index (χ4v) is 2.10. The van der Waals surface area contributed by atoms with Crippen LogP contribution in [0.3, 0.4) is 0 Å². The van der Waals surface area contributed by atoms with Crippen molar-refractivity contribution < 1.29 is 27.9 Å². The molecule has 3 N–H and O–H groups in total. The maximum Gasteiger partial charge on any atom is 0.321 e. The van der Waals surface area contributed by atoms with Gasteiger partial charge in [0.15, 0.2) is 9.84 Å². The lowest BCUT2D eigenvalue weighted by Crippen LogP contribution is -2.38. The van der Waals surface area contributed by atoms with Crippen LogP contribution in [-0.2, 0) is 24.2 Å². The topological polar surface area (TPSA) is 124 Å². The minimum Gasteiger partial charge on any atom is -0.480 e. The average Bonchev–Trinajstić information content (AvgIpc) is 2.13. The Hall–Kier alpha value is -1.15. The minimum atomic E-state index is -3.64. The summed E-state index contributed by atoms with van der Waals surface area (Å²) < 4.78 is 26.7. The van der Waals surface area contributed by atoms with E-state index in [-0.39, 0.29) is 6.42 Å². The molecule has 1 unspecified atom stereocenters. The number of nitrogens with two attached hydrogens (primary N) is 1. The van der Waals surface area contributed by atoms with Gasteiger partial charge in [0.25, 0.3) is 0 Å². The zero-order valence-corrected chi connectivity index (χ0v) is 8.99. The monoisotopic (exact) mass is 239 g/mol. The van der Waals surface area contributed by atoms with Crippen molar-refractivity contribution in [2.45, 2.75) is 12.5 Å². The number of carbonyl (C=O) groups is 2. The van der Waals surface area contributed by atoms with Gasteiger partial charge < -0.3 is 15.6 Å². The van der Waals surface area contributed by atoms with Crippen LogP contribution in [0.25, 0.3) is 0 Å². The van der Waals surface area contributed by atoms with Gasteiger partial charge in [0.1, 0.15) is 6.04 Å². The first-order valence-corrected chi connectivity index (χ1v) is 5.86. The molecule has 7 nitrogen and oxygen atoms in total. The van der Waals surface area contributed by atoms with E-state index in [1.165, 1.54) is 0 Å². The van der Waals surface area contributed by atoms with Gasteiger partial charge >= 0.3 is 11.9 Å². The molecule has 0 saturated heterocycles. The van der Waals surface area contributed by atoms with Gasteiger partial charge in [-0.3, -0.25) is 9.59 Å². The summed E-state index contributed by atoms with van der Waals surface area (Å²) in [4.78, 5) is 20.9. The van der Waals surface area contributed by atoms with E-state index in [0.29, 0.717) is 0 Å². The fourth-order valence-electron chi connectivity index (χ4n) is 0.769. The highest BCUT2D eigenvalue weighted by Gasteiger charge is 2.22. The second-order valence-corrected chi connectivity index (χ2v) is 5.11. The predicted octanol–water partition coefficient (Wildman–Crippen LogP) is -1.62. The summed E-state index contributed by atoms with van der Waals surface area (Å²) in [6.07, 6.45) is -0.300. The highest BCUT2D eigenvalue weighted by molar-refractivity contribution is 7.91. The second kappa shape index (κ2) is 5.66. The van der Waals surface area contributed by atoms with E-state index in [1.807, 2.05) is 0 Å². The lowest BCUT2D eigenvalue weighted by Gasteiger charge is -2.06. The van der Waals surface area contributed by atoms with Crippen LogP contribution in [0.2, 0.25) is 0 Å². The van der Waals surface area contributed by atoms with E-state index in [0.717, 1.165) is 7.11 Å². The largest absolute Gasteiger partial charge is 0.480 e. The number of aliphatic carboxylic acids is 1. The maximum absolute atomic E-state index is 11.2. The highest BCUT2D eigenvalue weighted by Crippen LogP contribution is 1.98. The molecule has 0 saturated carbocycles. The van der Waals surface area contributed by atoms with Crippen molar-refractivity contribution in [3.8, 4) is 0 Å². The van der Waals surface area contributed by atoms with Gasteiger partial charge in [-0.1, -0.05) is 0 Å². The Morgan fingerprint density at radius 2 is 2.00 bits per heavy atom. The number of esters is 1. The van der Waals surface area contributed by atoms with Crippen LogP contribution in [-0.4, -0.2) is 50.1 Å². The maximum atomic E-state index is 11.2. The molecule has 88 valence electrons. The highest BCUT2D eigenvalue weighted by atomic mass is 32.2. The van der Waals surface area contributed by atoms with Crippen LogP contribution in [0.15, 0.2) is 0 Å². The quantitative estimate of drug-likeness (QED) is 0.533. The summed E-state index contributed by atoms with van der Waals surface area (Å²) in [5, 5.41) is 8.39. The van der Waals surface area contributed by atoms with Gasteiger partial charge in [-0.25, -0.2) is 8.42 Å². The molecule has 0 aliphatic heterocycles. The SMILES string of the molecule is COC(=O)CCS(=O)(=O)CC(N)C(=O)O. The second-order valence-electron chi connectivity index (χ2n) is 2.89. The van der Waals surface area contributed by atoms with Crippen LogP contribution in [0.5, 0.6) is 0 Å². The third-order valence-electron chi connectivity index (χ3n) is 1.60. The van der Waals surface area contributed by atoms with Crippen LogP contribution in [0, 0.1) is 0 Å². The molecule has 8 heteroatoms. The number of ether oxygens (including phenoxy) is 1. The first-order chi connectivity index (χ1) is 6.78. The molecular formula is C7H13NO6S. The number of hydrogen-bond donors (Lipinski definition) is 2. The molecule has 0 amide bonds. The molecule has 0 rings (SSSR count). The Morgan fingerprint density at radius 3 is 2.40 bits per heavy atom. The van der Waals surface area contributed by atoms with Gasteiger partial charge in [0.2, 0.25) is 0 Å². The van der Waals surface area contributed by atoms with E-state index >= 15 is 0 Å². The minimum absolute atomic E-state index is 0.300. The van der Waals surface area contributed by atoms with E-state index in [2.05, 4.69) is 4.74 Å². The zero-order valence-electron chi connectivity index (χ0n) is 8.17. The Labute approximate surface area is 87.1 Å². The van der Waals surface area contributed by atoms with Crippen molar-refractivity contribution in [3.05, 3.63) is 0 Å². The molecule has 0 heterocycles. The smallest absolute Gasteiger partial charge is 0.321 e. The van der Waals surface area contributed by atoms with Gasteiger partial charge in [0.05, 0.1) is 25.0 Å². The zero-order chi connectivity index (χ0) is 12.1. The van der Waals surface area contributed by atoms with E-state index < -0.39 is 39.3 Å². The molecule has 0 aromatic heterocycles. The summed E-state index contributed by atoms with van der Waals surface area (Å²) in [6.45, 7) is 0. The number of carbonyl (C=O) groups excluding carboxylic acids is 1. The van der Waals surface area contributed by atoms with Crippen molar-refractivity contribution in [2.24, 2.45) is 5.73 Å². The summed E-state index contributed by atoms with van der Waals surface area (Å²) in [7, 11) is -2.50. The molecule has 0 aromatic carbocycles. The van der Waals surface area contributed by atoms with Crippen molar-refractivity contribution >= 4 is 21.8 Å². The molecule has 0 aliphatic carbocycles. The summed E-state index contributed by atoms with van der Waals surface area (Å²) >= 11 is 0. The summed E-state index contributed by atoms with van der Waals surface area (Å²) in [6, 6.07) is -1.47. The lowest BCUT2D eigenvalue weighted by molar-refractivity contribution is -0.140. The number of rotatable bonds is 6. The Balaban J connectivity index is 4.20. The normalized spacial score (nSPS) is 13.2. The first kappa shape index (κ1) is 13.8. The van der Waals surface area contributed by atoms with Gasteiger partial charge in [-0.15, -0.1) is 0 Å². The van der Waals surface area contributed by atoms with E-state index in [9.17, 15) is 18.0 Å². The Kier molecular flexibility index (Phi) is 5.23. The predicted molar refractivity (Wildman–Crippen MR) is 50.9 cm³/mol. The molecule has 0 fully saturated rings. The number of sulfone groups is 1. The van der Waals surface area contributed by atoms with E-state index in [1.54, 1.807) is 0 Å². The number of carboxylic acid groups (broad SMARTS) is 1. The van der Waals surface area contributed by atoms with Crippen LogP contribution in [0.1, 0.15) is 6.42 Å². The third kappa shape index (κ3) is 6.02. The van der Waals surface area contributed by atoms with Crippen LogP contribution < -0.4 is 5.73 Å². The first-order valence-electron chi connectivity index (χ1n) is 4.04. The fraction of sp³-hybridized carbons (Fsp3) is 0.714. The standard InChI is InChI=1S/C7H13NO6S/c1-14-6(9)2-3-15(12,13)4-5(8)7(10)11/h5H,2-4,8H2,1H3,(H,10,11). The van der Waals surface area contributed by atoms with Crippen molar-refractivity contribution in [1.82, 2.24) is 0 Å². The van der Waals surface area contributed by atoms with Crippen molar-refractivity contribution in [3.63, 3.8) is 0 Å². The molecule has 0 radical (unpaired) electrons. The summed E-state index contributed by atoms with van der Waals surface area (Å²) in [5.41, 5.74) is 5.05. The molecule has 0 bridgehead atoms. The van der Waals surface area contributed by atoms with Gasteiger partial charge in [-0.2, -0.15) is 0 Å².